The lowest BCUT2D eigenvalue weighted by Crippen LogP contribution is -2.13. The van der Waals surface area contributed by atoms with Gasteiger partial charge in [0.25, 0.3) is 5.91 Å². The van der Waals surface area contributed by atoms with Gasteiger partial charge in [0.1, 0.15) is 23.9 Å². The number of ether oxygens (including phenoxy) is 2. The summed E-state index contributed by atoms with van der Waals surface area (Å²) in [7, 11) is 1.54. The molecule has 0 aliphatic carbocycles. The number of nitrogens with one attached hydrogen (secondary N) is 1. The number of carbonyl (C=O) groups is 1. The van der Waals surface area contributed by atoms with Crippen LogP contribution in [0.2, 0.25) is 10.0 Å². The van der Waals surface area contributed by atoms with E-state index in [4.69, 9.17) is 32.7 Å². The van der Waals surface area contributed by atoms with Crippen molar-refractivity contribution in [1.82, 2.24) is 0 Å². The summed E-state index contributed by atoms with van der Waals surface area (Å²) >= 11 is 11.6. The molecule has 0 fully saturated rings. The highest BCUT2D eigenvalue weighted by atomic mass is 35.5. The number of methoxy groups -OCH3 is 1. The lowest BCUT2D eigenvalue weighted by molar-refractivity contribution is 0.102. The minimum atomic E-state index is -0.550. The number of amides is 1. The highest BCUT2D eigenvalue weighted by Gasteiger charge is 2.12. The molecule has 0 atom stereocenters. The highest BCUT2D eigenvalue weighted by molar-refractivity contribution is 6.31. The SMILES string of the molecule is COc1ccc(C(=O)Nc2ccc(F)c(Cl)c2)cc1COc1ccc(Cl)cc1. The van der Waals surface area contributed by atoms with E-state index < -0.39 is 5.82 Å². The Kier molecular flexibility index (Phi) is 6.39. The monoisotopic (exact) mass is 419 g/mol. The molecule has 0 saturated heterocycles. The molecule has 0 bridgehead atoms. The van der Waals surface area contributed by atoms with Crippen LogP contribution in [0.3, 0.4) is 0 Å². The number of hydrogen-bond donors (Lipinski definition) is 1. The van der Waals surface area contributed by atoms with Crippen LogP contribution >= 0.6 is 23.2 Å². The fourth-order valence-electron chi connectivity index (χ4n) is 2.50. The van der Waals surface area contributed by atoms with E-state index in [2.05, 4.69) is 5.32 Å². The third-order valence-electron chi connectivity index (χ3n) is 3.93. The molecule has 0 aliphatic rings. The van der Waals surface area contributed by atoms with Gasteiger partial charge in [0.05, 0.1) is 12.1 Å². The molecule has 3 rings (SSSR count). The van der Waals surface area contributed by atoms with Gasteiger partial charge in [-0.25, -0.2) is 4.39 Å². The van der Waals surface area contributed by atoms with E-state index in [1.54, 1.807) is 49.6 Å². The minimum absolute atomic E-state index is 0.0652. The standard InChI is InChI=1S/C21H16Cl2FNO3/c1-27-20-9-2-13(21(26)25-16-5-8-19(24)18(23)11-16)10-14(20)12-28-17-6-3-15(22)4-7-17/h2-11H,12H2,1H3,(H,25,26). The zero-order chi connectivity index (χ0) is 20.1. The molecular weight excluding hydrogens is 404 g/mol. The number of halogens is 3. The molecule has 3 aromatic carbocycles. The Balaban J connectivity index is 1.76. The van der Waals surface area contributed by atoms with Gasteiger partial charge < -0.3 is 14.8 Å². The Labute approximate surface area is 171 Å². The fraction of sp³-hybridized carbons (Fsp3) is 0.0952. The van der Waals surface area contributed by atoms with Gasteiger partial charge in [-0.2, -0.15) is 0 Å². The topological polar surface area (TPSA) is 47.6 Å². The number of hydrogen-bond acceptors (Lipinski definition) is 3. The summed E-state index contributed by atoms with van der Waals surface area (Å²) in [5.74, 6) is 0.321. The van der Waals surface area contributed by atoms with Gasteiger partial charge in [-0.05, 0) is 60.7 Å². The van der Waals surface area contributed by atoms with Gasteiger partial charge in [-0.15, -0.1) is 0 Å². The van der Waals surface area contributed by atoms with Crippen LogP contribution in [0.1, 0.15) is 15.9 Å². The summed E-state index contributed by atoms with van der Waals surface area (Å²) < 4.78 is 24.3. The van der Waals surface area contributed by atoms with E-state index in [0.717, 1.165) is 0 Å². The van der Waals surface area contributed by atoms with E-state index in [1.165, 1.54) is 18.2 Å². The molecule has 28 heavy (non-hydrogen) atoms. The lowest BCUT2D eigenvalue weighted by atomic mass is 10.1. The van der Waals surface area contributed by atoms with Crippen LogP contribution in [-0.2, 0) is 6.61 Å². The molecule has 3 aromatic rings. The number of anilines is 1. The summed E-state index contributed by atoms with van der Waals surface area (Å²) in [6, 6.07) is 15.9. The molecule has 0 heterocycles. The molecule has 1 amide bonds. The largest absolute Gasteiger partial charge is 0.496 e. The second kappa shape index (κ2) is 8.95. The molecule has 4 nitrogen and oxygen atoms in total. The van der Waals surface area contributed by atoms with E-state index in [9.17, 15) is 9.18 Å². The molecular formula is C21H16Cl2FNO3. The van der Waals surface area contributed by atoms with Gasteiger partial charge in [0.15, 0.2) is 0 Å². The minimum Gasteiger partial charge on any atom is -0.496 e. The van der Waals surface area contributed by atoms with Crippen molar-refractivity contribution >= 4 is 34.8 Å². The van der Waals surface area contributed by atoms with Crippen LogP contribution in [0.25, 0.3) is 0 Å². The first-order chi connectivity index (χ1) is 13.5. The van der Waals surface area contributed by atoms with Crippen molar-refractivity contribution in [2.45, 2.75) is 6.61 Å². The molecule has 0 aromatic heterocycles. The maximum atomic E-state index is 13.3. The summed E-state index contributed by atoms with van der Waals surface area (Å²) in [6.45, 7) is 0.203. The zero-order valence-corrected chi connectivity index (χ0v) is 16.4. The Morgan fingerprint density at radius 1 is 1.04 bits per heavy atom. The van der Waals surface area contributed by atoms with Crippen LogP contribution in [0.4, 0.5) is 10.1 Å². The van der Waals surface area contributed by atoms with Gasteiger partial charge >= 0.3 is 0 Å². The Morgan fingerprint density at radius 3 is 2.46 bits per heavy atom. The van der Waals surface area contributed by atoms with E-state index in [-0.39, 0.29) is 17.5 Å². The van der Waals surface area contributed by atoms with Gasteiger partial charge in [-0.1, -0.05) is 23.2 Å². The van der Waals surface area contributed by atoms with Crippen LogP contribution in [0.15, 0.2) is 60.7 Å². The number of carbonyl (C=O) groups excluding carboxylic acids is 1. The van der Waals surface area contributed by atoms with Crippen molar-refractivity contribution in [3.63, 3.8) is 0 Å². The average Bonchev–Trinajstić information content (AvgIpc) is 2.70. The Hall–Kier alpha value is -2.76. The molecule has 0 radical (unpaired) electrons. The molecule has 0 saturated carbocycles. The highest BCUT2D eigenvalue weighted by Crippen LogP contribution is 2.24. The number of rotatable bonds is 6. The van der Waals surface area contributed by atoms with Crippen LogP contribution in [-0.4, -0.2) is 13.0 Å². The van der Waals surface area contributed by atoms with Crippen LogP contribution < -0.4 is 14.8 Å². The summed E-state index contributed by atoms with van der Waals surface area (Å²) in [5.41, 5.74) is 1.49. The quantitative estimate of drug-likeness (QED) is 0.534. The normalized spacial score (nSPS) is 10.4. The van der Waals surface area contributed by atoms with E-state index >= 15 is 0 Å². The zero-order valence-electron chi connectivity index (χ0n) is 14.8. The lowest BCUT2D eigenvalue weighted by Gasteiger charge is -2.13. The van der Waals surface area contributed by atoms with E-state index in [0.29, 0.717) is 33.3 Å². The molecule has 0 spiro atoms. The molecule has 144 valence electrons. The summed E-state index contributed by atoms with van der Waals surface area (Å²) in [5, 5.41) is 3.23. The second-order valence-corrected chi connectivity index (χ2v) is 6.70. The van der Waals surface area contributed by atoms with Crippen LogP contribution in [0.5, 0.6) is 11.5 Å². The van der Waals surface area contributed by atoms with Crippen molar-refractivity contribution < 1.29 is 18.7 Å². The molecule has 7 heteroatoms. The maximum Gasteiger partial charge on any atom is 0.255 e. The molecule has 1 N–H and O–H groups in total. The molecule has 0 unspecified atom stereocenters. The van der Waals surface area contributed by atoms with Gasteiger partial charge in [0.2, 0.25) is 0 Å². The van der Waals surface area contributed by atoms with Crippen molar-refractivity contribution in [3.8, 4) is 11.5 Å². The Morgan fingerprint density at radius 2 is 1.79 bits per heavy atom. The predicted molar refractivity (Wildman–Crippen MR) is 108 cm³/mol. The summed E-state index contributed by atoms with van der Waals surface area (Å²) in [4.78, 5) is 12.5. The first-order valence-electron chi connectivity index (χ1n) is 8.28. The van der Waals surface area contributed by atoms with Crippen molar-refractivity contribution in [2.75, 3.05) is 12.4 Å². The first-order valence-corrected chi connectivity index (χ1v) is 9.03. The van der Waals surface area contributed by atoms with Crippen molar-refractivity contribution in [1.29, 1.82) is 0 Å². The summed E-state index contributed by atoms with van der Waals surface area (Å²) in [6.07, 6.45) is 0. The maximum absolute atomic E-state index is 13.3. The fourth-order valence-corrected chi connectivity index (χ4v) is 2.81. The van der Waals surface area contributed by atoms with Crippen molar-refractivity contribution in [3.05, 3.63) is 87.7 Å². The predicted octanol–water partition coefficient (Wildman–Crippen LogP) is 5.97. The van der Waals surface area contributed by atoms with Gasteiger partial charge in [-0.3, -0.25) is 4.79 Å². The second-order valence-electron chi connectivity index (χ2n) is 5.85. The molecule has 0 aliphatic heterocycles. The smallest absolute Gasteiger partial charge is 0.255 e. The van der Waals surface area contributed by atoms with Crippen LogP contribution in [0, 0.1) is 5.82 Å². The van der Waals surface area contributed by atoms with Crippen molar-refractivity contribution in [2.24, 2.45) is 0 Å². The number of benzene rings is 3. The van der Waals surface area contributed by atoms with E-state index in [1.807, 2.05) is 0 Å². The Bertz CT molecular complexity index is 993. The third kappa shape index (κ3) is 4.94. The van der Waals surface area contributed by atoms with Gasteiger partial charge in [0, 0.05) is 21.8 Å². The first kappa shape index (κ1) is 20.0. The third-order valence-corrected chi connectivity index (χ3v) is 4.47. The average molecular weight is 420 g/mol.